The number of amides is 1. The number of hydrogen-bond acceptors (Lipinski definition) is 5. The number of Topliss-reactive ketones (excluding diaryl/α,β-unsaturated/α-hetero) is 1. The third-order valence-corrected chi connectivity index (χ3v) is 5.97. The molecule has 31 heavy (non-hydrogen) atoms. The smallest absolute Gasteiger partial charge is 0.295 e. The Morgan fingerprint density at radius 1 is 1.16 bits per heavy atom. The lowest BCUT2D eigenvalue weighted by atomic mass is 9.96. The highest BCUT2D eigenvalue weighted by Gasteiger charge is 2.46. The van der Waals surface area contributed by atoms with Crippen LogP contribution in [-0.4, -0.2) is 63.2 Å². The van der Waals surface area contributed by atoms with Gasteiger partial charge >= 0.3 is 0 Å². The second-order valence-corrected chi connectivity index (χ2v) is 8.74. The van der Waals surface area contributed by atoms with E-state index in [4.69, 9.17) is 0 Å². The molecule has 0 saturated carbocycles. The molecular formula is C23H23BrN4O3. The molecule has 3 heterocycles. The fourth-order valence-corrected chi connectivity index (χ4v) is 4.20. The standard InChI is InChI=1S/C23H23BrN4O3/c1-14-19(27-11-5-4-6-17(27)25-14)21(29)18-20(15-7-9-16(24)10-8-15)28(13-12-26(2)3)23(31)22(18)30/h4-11,20,29H,12-13H2,1-3H3/b21-18+/t20-/m0/s1. The van der Waals surface area contributed by atoms with Crippen LogP contribution in [0.25, 0.3) is 11.4 Å². The van der Waals surface area contributed by atoms with Crippen molar-refractivity contribution < 1.29 is 14.7 Å². The molecule has 160 valence electrons. The number of benzene rings is 1. The molecule has 1 N–H and O–H groups in total. The van der Waals surface area contributed by atoms with Gasteiger partial charge in [0.25, 0.3) is 11.7 Å². The molecule has 0 spiro atoms. The normalized spacial score (nSPS) is 18.5. The Balaban J connectivity index is 1.92. The number of fused-ring (bicyclic) bond motifs is 1. The summed E-state index contributed by atoms with van der Waals surface area (Å²) in [5, 5.41) is 11.4. The van der Waals surface area contributed by atoms with Crippen LogP contribution in [0.15, 0.2) is 58.7 Å². The Bertz CT molecular complexity index is 1200. The predicted molar refractivity (Wildman–Crippen MR) is 122 cm³/mol. The number of imidazole rings is 1. The van der Waals surface area contributed by atoms with Crippen molar-refractivity contribution in [2.24, 2.45) is 0 Å². The highest BCUT2D eigenvalue weighted by molar-refractivity contribution is 9.10. The number of aliphatic hydroxyl groups is 1. The average Bonchev–Trinajstić information content (AvgIpc) is 3.20. The summed E-state index contributed by atoms with van der Waals surface area (Å²) < 4.78 is 2.62. The van der Waals surface area contributed by atoms with Gasteiger partial charge in [0, 0.05) is 23.8 Å². The van der Waals surface area contributed by atoms with Crippen LogP contribution in [0.2, 0.25) is 0 Å². The highest BCUT2D eigenvalue weighted by Crippen LogP contribution is 2.40. The van der Waals surface area contributed by atoms with Crippen molar-refractivity contribution in [3.63, 3.8) is 0 Å². The lowest BCUT2D eigenvalue weighted by molar-refractivity contribution is -0.140. The summed E-state index contributed by atoms with van der Waals surface area (Å²) in [6.45, 7) is 2.73. The van der Waals surface area contributed by atoms with Crippen molar-refractivity contribution >= 4 is 39.0 Å². The molecule has 1 aliphatic heterocycles. The zero-order valence-corrected chi connectivity index (χ0v) is 19.1. The number of likely N-dealkylation sites (tertiary alicyclic amines) is 1. The molecule has 0 bridgehead atoms. The highest BCUT2D eigenvalue weighted by atomic mass is 79.9. The van der Waals surface area contributed by atoms with E-state index in [2.05, 4.69) is 20.9 Å². The maximum absolute atomic E-state index is 13.1. The number of hydrogen-bond donors (Lipinski definition) is 1. The second kappa shape index (κ2) is 8.28. The van der Waals surface area contributed by atoms with Gasteiger partial charge in [-0.05, 0) is 50.8 Å². The summed E-state index contributed by atoms with van der Waals surface area (Å²) in [5.74, 6) is -1.51. The van der Waals surface area contributed by atoms with Crippen molar-refractivity contribution in [2.75, 3.05) is 27.2 Å². The quantitative estimate of drug-likeness (QED) is 0.342. The first-order valence-corrected chi connectivity index (χ1v) is 10.7. The third-order valence-electron chi connectivity index (χ3n) is 5.44. The summed E-state index contributed by atoms with van der Waals surface area (Å²) >= 11 is 3.43. The molecule has 3 aromatic rings. The molecule has 2 aromatic heterocycles. The molecular weight excluding hydrogens is 460 g/mol. The van der Waals surface area contributed by atoms with Gasteiger partial charge in [-0.3, -0.25) is 14.0 Å². The van der Waals surface area contributed by atoms with Crippen molar-refractivity contribution in [3.8, 4) is 0 Å². The second-order valence-electron chi connectivity index (χ2n) is 7.82. The van der Waals surface area contributed by atoms with Crippen molar-refractivity contribution in [1.29, 1.82) is 0 Å². The third kappa shape index (κ3) is 3.77. The van der Waals surface area contributed by atoms with E-state index in [1.807, 2.05) is 61.5 Å². The number of nitrogens with zero attached hydrogens (tertiary/aromatic N) is 4. The van der Waals surface area contributed by atoms with E-state index in [1.54, 1.807) is 17.5 Å². The number of ketones is 1. The Hall–Kier alpha value is -2.97. The Morgan fingerprint density at radius 2 is 1.87 bits per heavy atom. The van der Waals surface area contributed by atoms with Gasteiger partial charge in [-0.2, -0.15) is 0 Å². The first-order chi connectivity index (χ1) is 14.8. The Labute approximate surface area is 188 Å². The molecule has 0 unspecified atom stereocenters. The maximum Gasteiger partial charge on any atom is 0.295 e. The molecule has 0 aliphatic carbocycles. The van der Waals surface area contributed by atoms with E-state index in [0.717, 1.165) is 10.0 Å². The number of halogens is 1. The number of likely N-dealkylation sites (N-methyl/N-ethyl adjacent to an activating group) is 1. The average molecular weight is 483 g/mol. The largest absolute Gasteiger partial charge is 0.505 e. The van der Waals surface area contributed by atoms with Gasteiger partial charge in [0.1, 0.15) is 11.3 Å². The van der Waals surface area contributed by atoms with E-state index >= 15 is 0 Å². The SMILES string of the molecule is Cc1nc2ccccn2c1/C(O)=C1\C(=O)C(=O)N(CCN(C)C)[C@H]1c1ccc(Br)cc1. The number of carbonyl (C=O) groups is 2. The minimum Gasteiger partial charge on any atom is -0.505 e. The molecule has 1 aromatic carbocycles. The molecule has 7 nitrogen and oxygen atoms in total. The van der Waals surface area contributed by atoms with Crippen LogP contribution in [0.3, 0.4) is 0 Å². The van der Waals surface area contributed by atoms with E-state index in [9.17, 15) is 14.7 Å². The maximum atomic E-state index is 13.1. The zero-order chi connectivity index (χ0) is 22.3. The van der Waals surface area contributed by atoms with Crippen LogP contribution in [0, 0.1) is 6.92 Å². The lowest BCUT2D eigenvalue weighted by Crippen LogP contribution is -2.35. The van der Waals surface area contributed by atoms with E-state index in [0.29, 0.717) is 30.1 Å². The van der Waals surface area contributed by atoms with Crippen LogP contribution in [0.4, 0.5) is 0 Å². The minimum atomic E-state index is -0.686. The molecule has 1 aliphatic rings. The summed E-state index contributed by atoms with van der Waals surface area (Å²) in [6.07, 6.45) is 1.78. The van der Waals surface area contributed by atoms with Crippen molar-refractivity contribution in [1.82, 2.24) is 19.2 Å². The number of carbonyl (C=O) groups excluding carboxylic acids is 2. The van der Waals surface area contributed by atoms with E-state index in [-0.39, 0.29) is 11.3 Å². The monoisotopic (exact) mass is 482 g/mol. The number of aryl methyl sites for hydroxylation is 1. The predicted octanol–water partition coefficient (Wildman–Crippen LogP) is 3.39. The Kier molecular flexibility index (Phi) is 5.68. The van der Waals surface area contributed by atoms with E-state index < -0.39 is 17.7 Å². The van der Waals surface area contributed by atoms with Gasteiger partial charge in [0.15, 0.2) is 5.76 Å². The first kappa shape index (κ1) is 21.3. The number of rotatable bonds is 5. The van der Waals surface area contributed by atoms with Gasteiger partial charge in [0.2, 0.25) is 0 Å². The van der Waals surface area contributed by atoms with Crippen molar-refractivity contribution in [2.45, 2.75) is 13.0 Å². The molecule has 1 atom stereocenters. The fourth-order valence-electron chi connectivity index (χ4n) is 3.94. The zero-order valence-electron chi connectivity index (χ0n) is 17.5. The van der Waals surface area contributed by atoms with Crippen LogP contribution in [0.5, 0.6) is 0 Å². The summed E-state index contributed by atoms with van der Waals surface area (Å²) in [5.41, 5.74) is 2.50. The summed E-state index contributed by atoms with van der Waals surface area (Å²) in [4.78, 5) is 34.1. The van der Waals surface area contributed by atoms with Crippen molar-refractivity contribution in [3.05, 3.63) is 75.7 Å². The van der Waals surface area contributed by atoms with Gasteiger partial charge in [-0.25, -0.2) is 4.98 Å². The lowest BCUT2D eigenvalue weighted by Gasteiger charge is -2.26. The summed E-state index contributed by atoms with van der Waals surface area (Å²) in [6, 6.07) is 12.3. The molecule has 8 heteroatoms. The van der Waals surface area contributed by atoms with Gasteiger partial charge in [0.05, 0.1) is 17.3 Å². The number of pyridine rings is 1. The van der Waals surface area contributed by atoms with Crippen LogP contribution in [0.1, 0.15) is 23.0 Å². The summed E-state index contributed by atoms with van der Waals surface area (Å²) in [7, 11) is 3.82. The molecule has 0 radical (unpaired) electrons. The van der Waals surface area contributed by atoms with E-state index in [1.165, 1.54) is 4.90 Å². The molecule has 1 saturated heterocycles. The minimum absolute atomic E-state index is 0.0832. The number of aliphatic hydroxyl groups excluding tert-OH is 1. The Morgan fingerprint density at radius 3 is 2.55 bits per heavy atom. The fraction of sp³-hybridized carbons (Fsp3) is 0.261. The molecule has 1 fully saturated rings. The van der Waals surface area contributed by atoms with Crippen LogP contribution in [-0.2, 0) is 9.59 Å². The number of aromatic nitrogens is 2. The van der Waals surface area contributed by atoms with Crippen LogP contribution >= 0.6 is 15.9 Å². The van der Waals surface area contributed by atoms with Gasteiger partial charge < -0.3 is 14.9 Å². The topological polar surface area (TPSA) is 78.1 Å². The van der Waals surface area contributed by atoms with Crippen LogP contribution < -0.4 is 0 Å². The molecule has 1 amide bonds. The van der Waals surface area contributed by atoms with Gasteiger partial charge in [-0.1, -0.05) is 34.1 Å². The molecule has 4 rings (SSSR count). The first-order valence-electron chi connectivity index (χ1n) is 9.92. The van der Waals surface area contributed by atoms with Gasteiger partial charge in [-0.15, -0.1) is 0 Å².